The van der Waals surface area contributed by atoms with Crippen molar-refractivity contribution in [2.75, 3.05) is 12.0 Å². The van der Waals surface area contributed by atoms with Crippen LogP contribution < -0.4 is 11.1 Å². The number of hydrogen-bond donors (Lipinski definition) is 2. The predicted octanol–water partition coefficient (Wildman–Crippen LogP) is -0.00540. The Kier molecular flexibility index (Phi) is 5.99. The van der Waals surface area contributed by atoms with E-state index >= 15 is 0 Å². The van der Waals surface area contributed by atoms with Crippen molar-refractivity contribution < 1.29 is 4.79 Å². The first-order valence-corrected chi connectivity index (χ1v) is 6.96. The molecular weight excluding hydrogens is 238 g/mol. The van der Waals surface area contributed by atoms with Gasteiger partial charge in [0.1, 0.15) is 6.54 Å². The third-order valence-electron chi connectivity index (χ3n) is 2.33. The number of nitrogens with two attached hydrogens (primary N) is 1. The maximum absolute atomic E-state index is 11.7. The summed E-state index contributed by atoms with van der Waals surface area (Å²) in [6.07, 6.45) is 4.65. The van der Waals surface area contributed by atoms with Crippen LogP contribution in [0.25, 0.3) is 0 Å². The Morgan fingerprint density at radius 1 is 1.71 bits per heavy atom. The summed E-state index contributed by atoms with van der Waals surface area (Å²) in [5.41, 5.74) is 6.11. The van der Waals surface area contributed by atoms with Gasteiger partial charge in [-0.25, -0.2) is 4.68 Å². The Morgan fingerprint density at radius 3 is 3.00 bits per heavy atom. The third kappa shape index (κ3) is 4.74. The van der Waals surface area contributed by atoms with E-state index in [9.17, 15) is 4.79 Å². The Bertz CT molecular complexity index is 354. The second-order valence-electron chi connectivity index (χ2n) is 3.74. The zero-order valence-electron chi connectivity index (χ0n) is 10.2. The molecule has 7 heteroatoms. The number of nitrogens with one attached hydrogen (secondary N) is 1. The summed E-state index contributed by atoms with van der Waals surface area (Å²) in [5.74, 6) is 0.882. The average molecular weight is 257 g/mol. The van der Waals surface area contributed by atoms with Crippen molar-refractivity contribution in [2.45, 2.75) is 32.5 Å². The van der Waals surface area contributed by atoms with Crippen molar-refractivity contribution in [2.24, 2.45) is 5.73 Å². The molecule has 1 rings (SSSR count). The van der Waals surface area contributed by atoms with Gasteiger partial charge in [-0.1, -0.05) is 12.1 Å². The van der Waals surface area contributed by atoms with Gasteiger partial charge in [0.05, 0.1) is 11.9 Å². The minimum atomic E-state index is -0.0422. The van der Waals surface area contributed by atoms with Crippen LogP contribution in [0.2, 0.25) is 0 Å². The van der Waals surface area contributed by atoms with Crippen LogP contribution in [0.4, 0.5) is 0 Å². The Balaban J connectivity index is 2.42. The zero-order chi connectivity index (χ0) is 12.7. The third-order valence-corrected chi connectivity index (χ3v) is 3.06. The van der Waals surface area contributed by atoms with Gasteiger partial charge in [-0.3, -0.25) is 4.79 Å². The number of carbonyl (C=O) groups excluding carboxylic acids is 1. The standard InChI is InChI=1S/C10H19N5OS/c1-3-8(7-17-2)12-10(16)6-15-5-9(4-11)13-14-15/h5,8H,3-4,6-7,11H2,1-2H3,(H,12,16). The van der Waals surface area contributed by atoms with E-state index in [-0.39, 0.29) is 18.5 Å². The van der Waals surface area contributed by atoms with Crippen molar-refractivity contribution in [3.8, 4) is 0 Å². The van der Waals surface area contributed by atoms with E-state index < -0.39 is 0 Å². The number of rotatable bonds is 7. The molecule has 1 aromatic rings. The van der Waals surface area contributed by atoms with Crippen LogP contribution in [0.15, 0.2) is 6.20 Å². The molecule has 0 fully saturated rings. The summed E-state index contributed by atoms with van der Waals surface area (Å²) in [6.45, 7) is 2.59. The first kappa shape index (κ1) is 14.0. The molecule has 0 aliphatic heterocycles. The lowest BCUT2D eigenvalue weighted by Crippen LogP contribution is -2.38. The molecule has 6 nitrogen and oxygen atoms in total. The van der Waals surface area contributed by atoms with E-state index in [1.165, 1.54) is 4.68 Å². The zero-order valence-corrected chi connectivity index (χ0v) is 11.0. The summed E-state index contributed by atoms with van der Waals surface area (Å²) in [7, 11) is 0. The number of hydrogen-bond acceptors (Lipinski definition) is 5. The first-order valence-electron chi connectivity index (χ1n) is 5.57. The predicted molar refractivity (Wildman–Crippen MR) is 68.5 cm³/mol. The van der Waals surface area contributed by atoms with Crippen LogP contribution in [0, 0.1) is 0 Å². The number of thioether (sulfide) groups is 1. The highest BCUT2D eigenvalue weighted by Crippen LogP contribution is 2.01. The molecule has 0 saturated heterocycles. The monoisotopic (exact) mass is 257 g/mol. The quantitative estimate of drug-likeness (QED) is 0.718. The lowest BCUT2D eigenvalue weighted by Gasteiger charge is -2.15. The van der Waals surface area contributed by atoms with E-state index in [0.717, 1.165) is 12.2 Å². The Labute approximate surface area is 105 Å². The van der Waals surface area contributed by atoms with Crippen molar-refractivity contribution in [1.82, 2.24) is 20.3 Å². The van der Waals surface area contributed by atoms with Crippen molar-refractivity contribution in [3.05, 3.63) is 11.9 Å². The van der Waals surface area contributed by atoms with Gasteiger partial charge in [-0.15, -0.1) is 5.10 Å². The summed E-state index contributed by atoms with van der Waals surface area (Å²) < 4.78 is 1.50. The molecule has 0 aromatic carbocycles. The van der Waals surface area contributed by atoms with Crippen LogP contribution in [0.5, 0.6) is 0 Å². The van der Waals surface area contributed by atoms with Gasteiger partial charge in [0, 0.05) is 18.3 Å². The summed E-state index contributed by atoms with van der Waals surface area (Å²) in [4.78, 5) is 11.7. The molecule has 1 amide bonds. The summed E-state index contributed by atoms with van der Waals surface area (Å²) in [5, 5.41) is 10.6. The fourth-order valence-corrected chi connectivity index (χ4v) is 2.11. The van der Waals surface area contributed by atoms with Crippen LogP contribution in [0.1, 0.15) is 19.0 Å². The van der Waals surface area contributed by atoms with E-state index in [1.807, 2.05) is 6.26 Å². The normalized spacial score (nSPS) is 12.4. The summed E-state index contributed by atoms with van der Waals surface area (Å²) >= 11 is 1.72. The van der Waals surface area contributed by atoms with Crippen molar-refractivity contribution in [3.63, 3.8) is 0 Å². The fraction of sp³-hybridized carbons (Fsp3) is 0.700. The molecule has 1 aromatic heterocycles. The summed E-state index contributed by atoms with van der Waals surface area (Å²) in [6, 6.07) is 0.218. The topological polar surface area (TPSA) is 85.8 Å². The lowest BCUT2D eigenvalue weighted by atomic mass is 10.2. The Morgan fingerprint density at radius 2 is 2.47 bits per heavy atom. The van der Waals surface area contributed by atoms with Gasteiger partial charge in [-0.05, 0) is 12.7 Å². The Hall–Kier alpha value is -1.08. The van der Waals surface area contributed by atoms with Gasteiger partial charge >= 0.3 is 0 Å². The lowest BCUT2D eigenvalue weighted by molar-refractivity contribution is -0.122. The van der Waals surface area contributed by atoms with Gasteiger partial charge in [0.25, 0.3) is 0 Å². The van der Waals surface area contributed by atoms with E-state index in [1.54, 1.807) is 18.0 Å². The van der Waals surface area contributed by atoms with Crippen molar-refractivity contribution >= 4 is 17.7 Å². The van der Waals surface area contributed by atoms with Gasteiger partial charge in [-0.2, -0.15) is 11.8 Å². The van der Waals surface area contributed by atoms with Crippen LogP contribution >= 0.6 is 11.8 Å². The molecule has 96 valence electrons. The highest BCUT2D eigenvalue weighted by Gasteiger charge is 2.10. The molecular formula is C10H19N5OS. The molecule has 0 radical (unpaired) electrons. The second-order valence-corrected chi connectivity index (χ2v) is 4.65. The van der Waals surface area contributed by atoms with Gasteiger partial charge in [0.2, 0.25) is 5.91 Å². The van der Waals surface area contributed by atoms with E-state index in [0.29, 0.717) is 12.2 Å². The molecule has 1 heterocycles. The van der Waals surface area contributed by atoms with Crippen LogP contribution in [0.3, 0.4) is 0 Å². The fourth-order valence-electron chi connectivity index (χ4n) is 1.39. The van der Waals surface area contributed by atoms with Crippen molar-refractivity contribution in [1.29, 1.82) is 0 Å². The van der Waals surface area contributed by atoms with Gasteiger partial charge in [0.15, 0.2) is 0 Å². The molecule has 17 heavy (non-hydrogen) atoms. The maximum atomic E-state index is 11.7. The average Bonchev–Trinajstić information content (AvgIpc) is 2.76. The highest BCUT2D eigenvalue weighted by atomic mass is 32.2. The molecule has 0 aliphatic rings. The molecule has 1 atom stereocenters. The molecule has 0 spiro atoms. The number of nitrogens with zero attached hydrogens (tertiary/aromatic N) is 3. The second kappa shape index (κ2) is 7.29. The SMILES string of the molecule is CCC(CSC)NC(=O)Cn1cc(CN)nn1. The molecule has 1 unspecified atom stereocenters. The molecule has 3 N–H and O–H groups in total. The first-order chi connectivity index (χ1) is 8.19. The minimum Gasteiger partial charge on any atom is -0.351 e. The largest absolute Gasteiger partial charge is 0.351 e. The molecule has 0 bridgehead atoms. The number of amides is 1. The molecule has 0 saturated carbocycles. The molecule has 0 aliphatic carbocycles. The number of aromatic nitrogens is 3. The highest BCUT2D eigenvalue weighted by molar-refractivity contribution is 7.98. The maximum Gasteiger partial charge on any atom is 0.242 e. The van der Waals surface area contributed by atoms with E-state index in [4.69, 9.17) is 5.73 Å². The van der Waals surface area contributed by atoms with E-state index in [2.05, 4.69) is 22.6 Å². The number of carbonyl (C=O) groups is 1. The smallest absolute Gasteiger partial charge is 0.242 e. The van der Waals surface area contributed by atoms with Gasteiger partial charge < -0.3 is 11.1 Å². The minimum absolute atomic E-state index is 0.0422. The van der Waals surface area contributed by atoms with Crippen LogP contribution in [-0.2, 0) is 17.9 Å². The van der Waals surface area contributed by atoms with Crippen LogP contribution in [-0.4, -0.2) is 39.0 Å².